The van der Waals surface area contributed by atoms with Crippen molar-refractivity contribution in [1.29, 1.82) is 0 Å². The highest BCUT2D eigenvalue weighted by Gasteiger charge is 2.28. The van der Waals surface area contributed by atoms with Crippen molar-refractivity contribution >= 4 is 33.4 Å². The quantitative estimate of drug-likeness (QED) is 0.372. The molecule has 1 saturated carbocycles. The van der Waals surface area contributed by atoms with E-state index in [1.807, 2.05) is 13.1 Å². The number of hydrogen-bond donors (Lipinski definition) is 2. The summed E-state index contributed by atoms with van der Waals surface area (Å²) in [6, 6.07) is 21.8. The lowest BCUT2D eigenvalue weighted by atomic mass is 9.74. The molecule has 2 heterocycles. The molecule has 31 heavy (non-hydrogen) atoms. The first-order valence-electron chi connectivity index (χ1n) is 11.3. The average molecular weight is 411 g/mol. The van der Waals surface area contributed by atoms with Gasteiger partial charge in [-0.2, -0.15) is 0 Å². The molecule has 0 saturated heterocycles. The Morgan fingerprint density at radius 1 is 0.839 bits per heavy atom. The molecule has 158 valence electrons. The molecule has 0 radical (unpaired) electrons. The lowest BCUT2D eigenvalue weighted by molar-refractivity contribution is 0.551. The van der Waals surface area contributed by atoms with Crippen LogP contribution in [-0.4, -0.2) is 23.6 Å². The van der Waals surface area contributed by atoms with Crippen molar-refractivity contribution in [2.45, 2.75) is 38.5 Å². The molecule has 0 spiro atoms. The number of nitrogens with zero attached hydrogens (tertiary/aromatic N) is 2. The third-order valence-corrected chi connectivity index (χ3v) is 6.89. The number of hydrogen-bond acceptors (Lipinski definition) is 4. The lowest BCUT2D eigenvalue weighted by Crippen LogP contribution is -2.22. The van der Waals surface area contributed by atoms with Crippen molar-refractivity contribution in [3.05, 3.63) is 71.8 Å². The molecule has 4 aromatic rings. The number of aromatic nitrogens is 2. The van der Waals surface area contributed by atoms with Crippen LogP contribution in [0.3, 0.4) is 0 Å². The highest BCUT2D eigenvalue weighted by molar-refractivity contribution is 5.83. The number of rotatable bonds is 7. The lowest BCUT2D eigenvalue weighted by Gasteiger charge is -2.30. The summed E-state index contributed by atoms with van der Waals surface area (Å²) in [4.78, 5) is 9.68. The van der Waals surface area contributed by atoms with Crippen molar-refractivity contribution in [1.82, 2.24) is 9.97 Å². The standard InChI is InChI=1S/C27H30N4/c1-4-27(2,21-11-7-19-9-13-25(28-3)30-23(19)15-21)22-12-8-20-10-14-26(31-24(20)16-22)29-17-18-5-6-18/h7-16,18H,4-6,17H2,1-3H3,(H,28,30)(H,29,31). The molecule has 1 unspecified atom stereocenters. The highest BCUT2D eigenvalue weighted by atomic mass is 15.0. The highest BCUT2D eigenvalue weighted by Crippen LogP contribution is 2.38. The Hall–Kier alpha value is -3.14. The first-order chi connectivity index (χ1) is 15.1. The molecule has 4 nitrogen and oxygen atoms in total. The molecular weight excluding hydrogens is 380 g/mol. The topological polar surface area (TPSA) is 49.8 Å². The predicted octanol–water partition coefficient (Wildman–Crippen LogP) is 6.36. The molecule has 1 fully saturated rings. The summed E-state index contributed by atoms with van der Waals surface area (Å²) in [6.45, 7) is 5.61. The maximum Gasteiger partial charge on any atom is 0.126 e. The Morgan fingerprint density at radius 3 is 1.94 bits per heavy atom. The van der Waals surface area contributed by atoms with Crippen LogP contribution in [0.2, 0.25) is 0 Å². The zero-order valence-corrected chi connectivity index (χ0v) is 18.6. The fourth-order valence-corrected chi connectivity index (χ4v) is 4.30. The third kappa shape index (κ3) is 3.83. The monoisotopic (exact) mass is 410 g/mol. The van der Waals surface area contributed by atoms with Gasteiger partial charge in [-0.15, -0.1) is 0 Å². The zero-order valence-electron chi connectivity index (χ0n) is 18.6. The average Bonchev–Trinajstić information content (AvgIpc) is 3.65. The van der Waals surface area contributed by atoms with E-state index in [-0.39, 0.29) is 5.41 Å². The number of fused-ring (bicyclic) bond motifs is 2. The van der Waals surface area contributed by atoms with Crippen LogP contribution in [0.4, 0.5) is 11.6 Å². The van der Waals surface area contributed by atoms with Crippen LogP contribution >= 0.6 is 0 Å². The van der Waals surface area contributed by atoms with Gasteiger partial charge in [0, 0.05) is 29.8 Å². The van der Waals surface area contributed by atoms with E-state index < -0.39 is 0 Å². The van der Waals surface area contributed by atoms with Crippen LogP contribution in [-0.2, 0) is 5.41 Å². The minimum absolute atomic E-state index is 0.112. The predicted molar refractivity (Wildman–Crippen MR) is 131 cm³/mol. The van der Waals surface area contributed by atoms with Crippen molar-refractivity contribution in [2.24, 2.45) is 5.92 Å². The summed E-state index contributed by atoms with van der Waals surface area (Å²) in [7, 11) is 1.91. The summed E-state index contributed by atoms with van der Waals surface area (Å²) in [5.74, 6) is 2.70. The van der Waals surface area contributed by atoms with Crippen molar-refractivity contribution in [3.8, 4) is 0 Å². The van der Waals surface area contributed by atoms with Crippen LogP contribution in [0.25, 0.3) is 21.8 Å². The van der Waals surface area contributed by atoms with Gasteiger partial charge in [0.2, 0.25) is 0 Å². The van der Waals surface area contributed by atoms with E-state index in [4.69, 9.17) is 9.97 Å². The second-order valence-electron chi connectivity index (χ2n) is 8.97. The van der Waals surface area contributed by atoms with Gasteiger partial charge < -0.3 is 10.6 Å². The smallest absolute Gasteiger partial charge is 0.126 e. The SMILES string of the molecule is CCC(C)(c1ccc2ccc(NC)nc2c1)c1ccc2ccc(NCC3CC3)nc2c1. The Balaban J connectivity index is 1.54. The maximum absolute atomic E-state index is 4.92. The molecule has 2 aromatic carbocycles. The number of benzene rings is 2. The molecule has 5 rings (SSSR count). The molecule has 0 amide bonds. The van der Waals surface area contributed by atoms with Gasteiger partial charge in [-0.05, 0) is 72.7 Å². The van der Waals surface area contributed by atoms with Crippen LogP contribution in [0.5, 0.6) is 0 Å². The van der Waals surface area contributed by atoms with E-state index in [0.717, 1.165) is 46.9 Å². The van der Waals surface area contributed by atoms with E-state index in [2.05, 4.69) is 79.1 Å². The molecule has 1 aliphatic rings. The van der Waals surface area contributed by atoms with E-state index >= 15 is 0 Å². The van der Waals surface area contributed by atoms with Crippen molar-refractivity contribution < 1.29 is 0 Å². The van der Waals surface area contributed by atoms with Crippen LogP contribution in [0.1, 0.15) is 44.2 Å². The van der Waals surface area contributed by atoms with Gasteiger partial charge in [0.15, 0.2) is 0 Å². The van der Waals surface area contributed by atoms with E-state index in [0.29, 0.717) is 0 Å². The Kier molecular flexibility index (Phi) is 5.01. The summed E-state index contributed by atoms with van der Waals surface area (Å²) < 4.78 is 0. The van der Waals surface area contributed by atoms with Crippen molar-refractivity contribution in [2.75, 3.05) is 24.2 Å². The van der Waals surface area contributed by atoms with Crippen LogP contribution in [0.15, 0.2) is 60.7 Å². The van der Waals surface area contributed by atoms with Crippen molar-refractivity contribution in [3.63, 3.8) is 0 Å². The van der Waals surface area contributed by atoms with Gasteiger partial charge in [0.05, 0.1) is 11.0 Å². The number of nitrogens with one attached hydrogen (secondary N) is 2. The summed E-state index contributed by atoms with van der Waals surface area (Å²) in [6.07, 6.45) is 3.68. The molecule has 2 aromatic heterocycles. The maximum atomic E-state index is 4.92. The molecule has 4 heteroatoms. The molecule has 1 aliphatic carbocycles. The second-order valence-corrected chi connectivity index (χ2v) is 8.97. The molecular formula is C27H30N4. The first-order valence-corrected chi connectivity index (χ1v) is 11.3. The summed E-state index contributed by atoms with van der Waals surface area (Å²) in [5, 5.41) is 8.99. The minimum Gasteiger partial charge on any atom is -0.373 e. The van der Waals surface area contributed by atoms with Gasteiger partial charge in [0.1, 0.15) is 11.6 Å². The zero-order chi connectivity index (χ0) is 21.4. The van der Waals surface area contributed by atoms with E-state index in [9.17, 15) is 0 Å². The number of pyridine rings is 2. The van der Waals surface area contributed by atoms with E-state index in [1.165, 1.54) is 29.4 Å². The van der Waals surface area contributed by atoms with Gasteiger partial charge in [-0.1, -0.05) is 38.1 Å². The minimum atomic E-state index is -0.112. The second kappa shape index (κ2) is 7.84. The fraction of sp³-hybridized carbons (Fsp3) is 0.333. The van der Waals surface area contributed by atoms with E-state index in [1.54, 1.807) is 0 Å². The normalized spacial score (nSPS) is 15.7. The number of anilines is 2. The fourth-order valence-electron chi connectivity index (χ4n) is 4.30. The molecule has 0 bridgehead atoms. The molecule has 1 atom stereocenters. The Morgan fingerprint density at radius 2 is 1.39 bits per heavy atom. The molecule has 0 aliphatic heterocycles. The van der Waals surface area contributed by atoms with Gasteiger partial charge >= 0.3 is 0 Å². The van der Waals surface area contributed by atoms with Gasteiger partial charge in [-0.3, -0.25) is 0 Å². The Labute approximate surface area is 184 Å². The van der Waals surface area contributed by atoms with Crippen LogP contribution < -0.4 is 10.6 Å². The van der Waals surface area contributed by atoms with Gasteiger partial charge in [0.25, 0.3) is 0 Å². The summed E-state index contributed by atoms with van der Waals surface area (Å²) >= 11 is 0. The first kappa shape index (κ1) is 19.8. The third-order valence-electron chi connectivity index (χ3n) is 6.89. The largest absolute Gasteiger partial charge is 0.373 e. The summed E-state index contributed by atoms with van der Waals surface area (Å²) in [5.41, 5.74) is 4.53. The Bertz CT molecular complexity index is 1240. The molecule has 2 N–H and O–H groups in total. The van der Waals surface area contributed by atoms with Crippen LogP contribution in [0, 0.1) is 5.92 Å². The van der Waals surface area contributed by atoms with Gasteiger partial charge in [-0.25, -0.2) is 9.97 Å².